The summed E-state index contributed by atoms with van der Waals surface area (Å²) >= 11 is 1.85. The molecule has 2 aliphatic rings. The maximum atomic E-state index is 12.6. The van der Waals surface area contributed by atoms with Crippen LogP contribution in [0.25, 0.3) is 10.2 Å². The van der Waals surface area contributed by atoms with Crippen molar-refractivity contribution in [3.8, 4) is 0 Å². The zero-order valence-corrected chi connectivity index (χ0v) is 20.4. The summed E-state index contributed by atoms with van der Waals surface area (Å²) in [6.07, 6.45) is 4.45. The Labute approximate surface area is 184 Å². The van der Waals surface area contributed by atoms with Crippen LogP contribution in [0.1, 0.15) is 69.6 Å². The summed E-state index contributed by atoms with van der Waals surface area (Å²) in [4.78, 5) is 14.9. The lowest BCUT2D eigenvalue weighted by Crippen LogP contribution is -2.50. The van der Waals surface area contributed by atoms with Crippen LogP contribution in [0.5, 0.6) is 0 Å². The van der Waals surface area contributed by atoms with Gasteiger partial charge in [0, 0.05) is 37.0 Å². The molecule has 1 saturated heterocycles. The van der Waals surface area contributed by atoms with Gasteiger partial charge in [-0.1, -0.05) is 20.8 Å². The molecule has 6 nitrogen and oxygen atoms in total. The molecule has 1 aliphatic heterocycles. The summed E-state index contributed by atoms with van der Waals surface area (Å²) in [7, 11) is -3.21. The van der Waals surface area contributed by atoms with Crippen molar-refractivity contribution in [3.63, 3.8) is 0 Å². The predicted octanol–water partition coefficient (Wildman–Crippen LogP) is 4.19. The monoisotopic (exact) mass is 450 g/mol. The molecule has 1 aliphatic carbocycles. The van der Waals surface area contributed by atoms with Gasteiger partial charge in [-0.15, -0.1) is 11.3 Å². The van der Waals surface area contributed by atoms with Crippen LogP contribution >= 0.6 is 11.3 Å². The van der Waals surface area contributed by atoms with Crippen LogP contribution in [0.2, 0.25) is 0 Å². The Bertz CT molecular complexity index is 1020. The zero-order valence-electron chi connectivity index (χ0n) is 18.8. The van der Waals surface area contributed by atoms with Crippen LogP contribution in [0, 0.1) is 5.92 Å². The fourth-order valence-corrected chi connectivity index (χ4v) is 7.08. The summed E-state index contributed by atoms with van der Waals surface area (Å²) in [5.74, 6) is 2.99. The Morgan fingerprint density at radius 2 is 1.83 bits per heavy atom. The summed E-state index contributed by atoms with van der Waals surface area (Å²) < 4.78 is 26.8. The van der Waals surface area contributed by atoms with Gasteiger partial charge in [0.1, 0.15) is 16.5 Å². The molecular weight excluding hydrogens is 416 g/mol. The minimum absolute atomic E-state index is 0.314. The van der Waals surface area contributed by atoms with Gasteiger partial charge in [-0.3, -0.25) is 0 Å². The first-order chi connectivity index (χ1) is 14.2. The second-order valence-electron chi connectivity index (χ2n) is 9.23. The van der Waals surface area contributed by atoms with Crippen molar-refractivity contribution in [1.29, 1.82) is 0 Å². The van der Waals surface area contributed by atoms with E-state index in [1.807, 2.05) is 11.3 Å². The Hall–Kier alpha value is -1.25. The molecule has 0 N–H and O–H groups in total. The van der Waals surface area contributed by atoms with E-state index in [4.69, 9.17) is 9.97 Å². The third kappa shape index (κ3) is 3.86. The van der Waals surface area contributed by atoms with E-state index in [1.54, 1.807) is 18.2 Å². The van der Waals surface area contributed by atoms with Crippen molar-refractivity contribution in [2.45, 2.75) is 71.5 Å². The molecule has 8 heteroatoms. The molecule has 0 saturated carbocycles. The van der Waals surface area contributed by atoms with Crippen molar-refractivity contribution >= 4 is 37.4 Å². The van der Waals surface area contributed by atoms with Gasteiger partial charge in [0.15, 0.2) is 0 Å². The Morgan fingerprint density at radius 1 is 1.13 bits per heavy atom. The van der Waals surface area contributed by atoms with Crippen LogP contribution in [-0.2, 0) is 22.9 Å². The average Bonchev–Trinajstić information content (AvgIpc) is 3.09. The summed E-state index contributed by atoms with van der Waals surface area (Å²) in [6.45, 7) is 12.6. The van der Waals surface area contributed by atoms with E-state index in [-0.39, 0.29) is 5.25 Å². The van der Waals surface area contributed by atoms with E-state index in [0.29, 0.717) is 32.1 Å². The third-order valence-corrected chi connectivity index (χ3v) is 10.1. The molecule has 2 unspecified atom stereocenters. The minimum Gasteiger partial charge on any atom is -0.353 e. The molecule has 2 atom stereocenters. The van der Waals surface area contributed by atoms with Gasteiger partial charge in [0.2, 0.25) is 10.0 Å². The topological polar surface area (TPSA) is 66.4 Å². The van der Waals surface area contributed by atoms with Gasteiger partial charge >= 0.3 is 0 Å². The van der Waals surface area contributed by atoms with Gasteiger partial charge in [0.05, 0.1) is 10.6 Å². The number of anilines is 1. The minimum atomic E-state index is -3.21. The van der Waals surface area contributed by atoms with Crippen molar-refractivity contribution in [1.82, 2.24) is 14.3 Å². The number of fused-ring (bicyclic) bond motifs is 3. The molecule has 30 heavy (non-hydrogen) atoms. The number of sulfonamides is 1. The fourth-order valence-electron chi connectivity index (χ4n) is 4.42. The normalized spacial score (nSPS) is 21.9. The van der Waals surface area contributed by atoms with E-state index >= 15 is 0 Å². The van der Waals surface area contributed by atoms with E-state index in [1.165, 1.54) is 22.2 Å². The lowest BCUT2D eigenvalue weighted by molar-refractivity contribution is 0.380. The van der Waals surface area contributed by atoms with Crippen molar-refractivity contribution in [3.05, 3.63) is 16.3 Å². The molecule has 3 heterocycles. The number of piperazine rings is 1. The summed E-state index contributed by atoms with van der Waals surface area (Å²) in [5.41, 5.74) is 1.44. The molecule has 0 spiro atoms. The second-order valence-corrected chi connectivity index (χ2v) is 12.8. The van der Waals surface area contributed by atoms with Gasteiger partial charge in [-0.05, 0) is 51.0 Å². The third-order valence-electron chi connectivity index (χ3n) is 6.70. The standard InChI is InChI=1S/C22H34N4O2S2/c1-6-16(5)20-23-21(25-9-11-26(12-10-25)30(27,28)14(2)3)19-17-8-7-15(4)13-18(17)29-22(19)24-20/h14-16H,6-13H2,1-5H3. The highest BCUT2D eigenvalue weighted by Crippen LogP contribution is 2.42. The first-order valence-corrected chi connectivity index (χ1v) is 13.6. The number of rotatable bonds is 5. The molecule has 4 rings (SSSR count). The maximum absolute atomic E-state index is 12.6. The van der Waals surface area contributed by atoms with Gasteiger partial charge in [-0.2, -0.15) is 4.31 Å². The quantitative estimate of drug-likeness (QED) is 0.683. The predicted molar refractivity (Wildman–Crippen MR) is 125 cm³/mol. The average molecular weight is 451 g/mol. The van der Waals surface area contributed by atoms with Crippen LogP contribution in [-0.4, -0.2) is 54.1 Å². The molecule has 0 aromatic carbocycles. The molecule has 1 fully saturated rings. The fraction of sp³-hybridized carbons (Fsp3) is 0.727. The van der Waals surface area contributed by atoms with Gasteiger partial charge in [-0.25, -0.2) is 18.4 Å². The van der Waals surface area contributed by atoms with Crippen molar-refractivity contribution in [2.75, 3.05) is 31.1 Å². The summed E-state index contributed by atoms with van der Waals surface area (Å²) in [6, 6.07) is 0. The van der Waals surface area contributed by atoms with Crippen molar-refractivity contribution in [2.24, 2.45) is 5.92 Å². The molecule has 0 amide bonds. The number of hydrogen-bond acceptors (Lipinski definition) is 6. The Balaban J connectivity index is 1.72. The van der Waals surface area contributed by atoms with Crippen molar-refractivity contribution < 1.29 is 8.42 Å². The summed E-state index contributed by atoms with van der Waals surface area (Å²) in [5, 5.41) is 0.854. The molecular formula is C22H34N4O2S2. The van der Waals surface area contributed by atoms with E-state index in [0.717, 1.165) is 41.7 Å². The largest absolute Gasteiger partial charge is 0.353 e. The zero-order chi connectivity index (χ0) is 21.6. The Kier molecular flexibility index (Phi) is 6.12. The van der Waals surface area contributed by atoms with Crippen LogP contribution in [0.15, 0.2) is 0 Å². The van der Waals surface area contributed by atoms with Crippen LogP contribution in [0.4, 0.5) is 5.82 Å². The van der Waals surface area contributed by atoms with Crippen LogP contribution < -0.4 is 4.90 Å². The molecule has 0 bridgehead atoms. The first kappa shape index (κ1) is 22.0. The van der Waals surface area contributed by atoms with Crippen LogP contribution in [0.3, 0.4) is 0 Å². The SMILES string of the molecule is CCC(C)c1nc(N2CCN(S(=O)(=O)C(C)C)CC2)c2c3c(sc2n1)CC(C)CC3. The molecule has 166 valence electrons. The Morgan fingerprint density at radius 3 is 2.47 bits per heavy atom. The second kappa shape index (κ2) is 8.36. The maximum Gasteiger partial charge on any atom is 0.216 e. The first-order valence-electron chi connectivity index (χ1n) is 11.3. The van der Waals surface area contributed by atoms with Gasteiger partial charge in [0.25, 0.3) is 0 Å². The van der Waals surface area contributed by atoms with E-state index in [9.17, 15) is 8.42 Å². The van der Waals surface area contributed by atoms with Gasteiger partial charge < -0.3 is 4.90 Å². The number of aryl methyl sites for hydroxylation is 1. The number of nitrogens with zero attached hydrogens (tertiary/aromatic N) is 4. The highest BCUT2D eigenvalue weighted by atomic mass is 32.2. The molecule has 0 radical (unpaired) electrons. The highest BCUT2D eigenvalue weighted by molar-refractivity contribution is 7.89. The lowest BCUT2D eigenvalue weighted by Gasteiger charge is -2.36. The number of aromatic nitrogens is 2. The smallest absolute Gasteiger partial charge is 0.216 e. The van der Waals surface area contributed by atoms with E-state index < -0.39 is 10.0 Å². The molecule has 2 aromatic heterocycles. The number of thiophene rings is 1. The molecule has 2 aromatic rings. The van der Waals surface area contributed by atoms with E-state index in [2.05, 4.69) is 25.7 Å². The lowest BCUT2D eigenvalue weighted by atomic mass is 9.89. The highest BCUT2D eigenvalue weighted by Gasteiger charge is 2.32. The number of hydrogen-bond donors (Lipinski definition) is 0.